The third kappa shape index (κ3) is 2.97. The second-order valence-electron chi connectivity index (χ2n) is 4.36. The van der Waals surface area contributed by atoms with Crippen molar-refractivity contribution in [3.05, 3.63) is 34.7 Å². The normalized spacial score (nSPS) is 12.0. The quantitative estimate of drug-likeness (QED) is 0.698. The van der Waals surface area contributed by atoms with Crippen molar-refractivity contribution in [2.45, 2.75) is 32.4 Å². The highest BCUT2D eigenvalue weighted by molar-refractivity contribution is 7.21. The molecule has 0 bridgehead atoms. The first-order chi connectivity index (χ1) is 8.93. The molecule has 19 heavy (non-hydrogen) atoms. The monoisotopic (exact) mass is 286 g/mol. The molecule has 0 radical (unpaired) electrons. The van der Waals surface area contributed by atoms with Gasteiger partial charge in [0.25, 0.3) is 0 Å². The smallest absolute Gasteiger partial charge is 0.293 e. The largest absolute Gasteiger partial charge is 0.417 e. The topological polar surface area (TPSA) is 17.1 Å². The van der Waals surface area contributed by atoms with Crippen LogP contribution in [0.25, 0.3) is 10.1 Å². The number of fused-ring (bicyclic) bond motifs is 1. The Labute approximate surface area is 113 Å². The van der Waals surface area contributed by atoms with Gasteiger partial charge in [-0.2, -0.15) is 13.2 Å². The van der Waals surface area contributed by atoms with Gasteiger partial charge in [-0.15, -0.1) is 11.3 Å². The van der Waals surface area contributed by atoms with Gasteiger partial charge < -0.3 is 0 Å². The molecule has 102 valence electrons. The molecule has 0 atom stereocenters. The number of hydrogen-bond acceptors (Lipinski definition) is 2. The summed E-state index contributed by atoms with van der Waals surface area (Å²) < 4.78 is 38.7. The summed E-state index contributed by atoms with van der Waals surface area (Å²) in [4.78, 5) is 12.3. The van der Waals surface area contributed by atoms with Crippen LogP contribution < -0.4 is 0 Å². The summed E-state index contributed by atoms with van der Waals surface area (Å²) in [6.07, 6.45) is -2.33. The van der Waals surface area contributed by atoms with Gasteiger partial charge in [0.15, 0.2) is 5.78 Å². The highest BCUT2D eigenvalue weighted by Crippen LogP contribution is 2.38. The van der Waals surface area contributed by atoms with Gasteiger partial charge in [0, 0.05) is 11.1 Å². The number of thiophene rings is 1. The summed E-state index contributed by atoms with van der Waals surface area (Å²) in [5, 5.41) is 0.486. The van der Waals surface area contributed by atoms with E-state index in [4.69, 9.17) is 0 Å². The predicted octanol–water partition coefficient (Wildman–Crippen LogP) is 5.29. The van der Waals surface area contributed by atoms with Crippen LogP contribution in [0.1, 0.15) is 41.4 Å². The molecule has 2 aromatic rings. The molecule has 0 amide bonds. The maximum Gasteiger partial charge on any atom is 0.417 e. The Morgan fingerprint density at radius 2 is 2.05 bits per heavy atom. The molecule has 0 aliphatic rings. The molecule has 0 aliphatic carbocycles. The molecule has 0 aliphatic heterocycles. The lowest BCUT2D eigenvalue weighted by molar-refractivity contribution is -0.136. The Morgan fingerprint density at radius 3 is 2.68 bits per heavy atom. The predicted molar refractivity (Wildman–Crippen MR) is 70.7 cm³/mol. The molecule has 0 N–H and O–H groups in total. The number of hydrogen-bond donors (Lipinski definition) is 0. The average Bonchev–Trinajstić information content (AvgIpc) is 2.78. The fourth-order valence-electron chi connectivity index (χ4n) is 1.88. The van der Waals surface area contributed by atoms with Gasteiger partial charge in [0.2, 0.25) is 0 Å². The summed E-state index contributed by atoms with van der Waals surface area (Å²) in [6, 6.07) is 5.60. The van der Waals surface area contributed by atoms with E-state index in [1.807, 2.05) is 6.92 Å². The standard InChI is InChI=1S/C14H13F3OS/c1-2-3-7-11(18)12-8-9-5-4-6-10(13(9)19-12)14(15,16)17/h4-6,8H,2-3,7H2,1H3. The molecular formula is C14H13F3OS. The number of Topliss-reactive ketones (excluding diaryl/α,β-unsaturated/α-hetero) is 1. The van der Waals surface area contributed by atoms with Gasteiger partial charge in [0.05, 0.1) is 10.4 Å². The maximum absolute atomic E-state index is 12.9. The molecule has 0 unspecified atom stereocenters. The van der Waals surface area contributed by atoms with Crippen LogP contribution in [-0.2, 0) is 6.18 Å². The van der Waals surface area contributed by atoms with Crippen LogP contribution in [-0.4, -0.2) is 5.78 Å². The summed E-state index contributed by atoms with van der Waals surface area (Å²) in [5.74, 6) is -0.0730. The van der Waals surface area contributed by atoms with Crippen molar-refractivity contribution < 1.29 is 18.0 Å². The van der Waals surface area contributed by atoms with E-state index in [9.17, 15) is 18.0 Å². The van der Waals surface area contributed by atoms with Gasteiger partial charge in [0.1, 0.15) is 0 Å². The Bertz CT molecular complexity index is 598. The Balaban J connectivity index is 2.43. The number of carbonyl (C=O) groups excluding carboxylic acids is 1. The van der Waals surface area contributed by atoms with Crippen LogP contribution >= 0.6 is 11.3 Å². The number of alkyl halides is 3. The van der Waals surface area contributed by atoms with Crippen LogP contribution in [0.3, 0.4) is 0 Å². The summed E-state index contributed by atoms with van der Waals surface area (Å²) in [7, 11) is 0. The zero-order chi connectivity index (χ0) is 14.0. The second kappa shape index (κ2) is 5.33. The molecule has 2 rings (SSSR count). The Kier molecular flexibility index (Phi) is 3.94. The number of rotatable bonds is 4. The highest BCUT2D eigenvalue weighted by atomic mass is 32.1. The van der Waals surface area contributed by atoms with E-state index in [-0.39, 0.29) is 10.5 Å². The van der Waals surface area contributed by atoms with E-state index in [0.717, 1.165) is 30.2 Å². The van der Waals surface area contributed by atoms with Gasteiger partial charge >= 0.3 is 6.18 Å². The third-order valence-electron chi connectivity index (χ3n) is 2.88. The van der Waals surface area contributed by atoms with Crippen molar-refractivity contribution in [2.75, 3.05) is 0 Å². The third-order valence-corrected chi connectivity index (χ3v) is 4.11. The molecule has 1 aromatic carbocycles. The summed E-state index contributed by atoms with van der Waals surface area (Å²) in [6.45, 7) is 1.97. The van der Waals surface area contributed by atoms with Gasteiger partial charge in [-0.05, 0) is 23.9 Å². The lowest BCUT2D eigenvalue weighted by Gasteiger charge is -2.06. The van der Waals surface area contributed by atoms with Crippen LogP contribution in [0.4, 0.5) is 13.2 Å². The van der Waals surface area contributed by atoms with Gasteiger partial charge in [-0.1, -0.05) is 25.5 Å². The van der Waals surface area contributed by atoms with Crippen molar-refractivity contribution >= 4 is 27.2 Å². The first-order valence-electron chi connectivity index (χ1n) is 6.06. The van der Waals surface area contributed by atoms with E-state index in [0.29, 0.717) is 16.7 Å². The van der Waals surface area contributed by atoms with E-state index in [1.54, 1.807) is 12.1 Å². The van der Waals surface area contributed by atoms with Crippen LogP contribution in [0, 0.1) is 0 Å². The molecule has 5 heteroatoms. The maximum atomic E-state index is 12.9. The lowest BCUT2D eigenvalue weighted by atomic mass is 10.1. The number of benzene rings is 1. The van der Waals surface area contributed by atoms with Crippen LogP contribution in [0.5, 0.6) is 0 Å². The molecule has 0 saturated carbocycles. The minimum Gasteiger partial charge on any atom is -0.293 e. The average molecular weight is 286 g/mol. The molecule has 0 saturated heterocycles. The fourth-order valence-corrected chi connectivity index (χ4v) is 3.04. The molecule has 0 fully saturated rings. The van der Waals surface area contributed by atoms with Gasteiger partial charge in [-0.25, -0.2) is 0 Å². The number of unbranched alkanes of at least 4 members (excludes halogenated alkanes) is 1. The Morgan fingerprint density at radius 1 is 1.32 bits per heavy atom. The van der Waals surface area contributed by atoms with Crippen molar-refractivity contribution in [1.29, 1.82) is 0 Å². The van der Waals surface area contributed by atoms with Crippen molar-refractivity contribution in [1.82, 2.24) is 0 Å². The van der Waals surface area contributed by atoms with E-state index in [2.05, 4.69) is 0 Å². The number of ketones is 1. The summed E-state index contributed by atoms with van der Waals surface area (Å²) >= 11 is 0.940. The summed E-state index contributed by atoms with van der Waals surface area (Å²) in [5.41, 5.74) is -0.662. The van der Waals surface area contributed by atoms with E-state index >= 15 is 0 Å². The molecule has 0 spiro atoms. The number of carbonyl (C=O) groups is 1. The SMILES string of the molecule is CCCCC(=O)c1cc2cccc(C(F)(F)F)c2s1. The zero-order valence-corrected chi connectivity index (χ0v) is 11.2. The minimum absolute atomic E-state index is 0.0730. The Hall–Kier alpha value is -1.36. The van der Waals surface area contributed by atoms with Crippen molar-refractivity contribution in [2.24, 2.45) is 0 Å². The van der Waals surface area contributed by atoms with Crippen LogP contribution in [0.2, 0.25) is 0 Å². The minimum atomic E-state index is -4.38. The van der Waals surface area contributed by atoms with Crippen molar-refractivity contribution in [3.63, 3.8) is 0 Å². The first-order valence-corrected chi connectivity index (χ1v) is 6.88. The van der Waals surface area contributed by atoms with Crippen molar-refractivity contribution in [3.8, 4) is 0 Å². The molecular weight excluding hydrogens is 273 g/mol. The first kappa shape index (κ1) is 14.1. The zero-order valence-electron chi connectivity index (χ0n) is 10.4. The molecule has 1 heterocycles. The second-order valence-corrected chi connectivity index (χ2v) is 5.41. The fraction of sp³-hybridized carbons (Fsp3) is 0.357. The lowest BCUT2D eigenvalue weighted by Crippen LogP contribution is -2.04. The van der Waals surface area contributed by atoms with Crippen LogP contribution in [0.15, 0.2) is 24.3 Å². The van der Waals surface area contributed by atoms with Gasteiger partial charge in [-0.3, -0.25) is 4.79 Å². The molecule has 1 aromatic heterocycles. The molecule has 1 nitrogen and oxygen atoms in total. The highest BCUT2D eigenvalue weighted by Gasteiger charge is 2.33. The van der Waals surface area contributed by atoms with E-state index in [1.165, 1.54) is 6.07 Å². The number of halogens is 3. The van der Waals surface area contributed by atoms with E-state index < -0.39 is 11.7 Å².